The van der Waals surface area contributed by atoms with E-state index in [2.05, 4.69) is 9.47 Å². The molecule has 1 rings (SSSR count). The number of cyclic esters (lactones) is 2. The van der Waals surface area contributed by atoms with Crippen LogP contribution in [0.25, 0.3) is 0 Å². The zero-order valence-electron chi connectivity index (χ0n) is 6.88. The molecule has 1 aliphatic heterocycles. The van der Waals surface area contributed by atoms with Gasteiger partial charge in [-0.1, -0.05) is 13.8 Å². The summed E-state index contributed by atoms with van der Waals surface area (Å²) in [5.74, 6) is 0. The Morgan fingerprint density at radius 1 is 1.10 bits per heavy atom. The molecule has 0 aromatic rings. The van der Waals surface area contributed by atoms with Gasteiger partial charge in [0, 0.05) is 0 Å². The number of ether oxygens (including phenoxy) is 2. The maximum absolute atomic E-state index is 10.2. The Labute approximate surface area is 61.3 Å². The molecule has 0 bridgehead atoms. The molecule has 0 unspecified atom stereocenters. The van der Waals surface area contributed by atoms with Gasteiger partial charge in [0.05, 0.1) is 0 Å². The van der Waals surface area contributed by atoms with Crippen molar-refractivity contribution in [2.45, 2.75) is 39.9 Å². The largest absolute Gasteiger partial charge is 0.509 e. The predicted molar refractivity (Wildman–Crippen MR) is 37.8 cm³/mol. The number of hydrogen-bond donors (Lipinski definition) is 0. The van der Waals surface area contributed by atoms with Crippen molar-refractivity contribution >= 4 is 6.16 Å². The molecule has 0 aromatic heterocycles. The highest BCUT2D eigenvalue weighted by Gasteiger charge is 2.28. The molecule has 1 aliphatic rings. The number of hydrogen-bond acceptors (Lipinski definition) is 3. The third kappa shape index (κ3) is 2.25. The van der Waals surface area contributed by atoms with Crippen LogP contribution in [-0.2, 0) is 9.47 Å². The fourth-order valence-corrected chi connectivity index (χ4v) is 0.523. The highest BCUT2D eigenvalue weighted by Crippen LogP contribution is 2.12. The number of rotatable bonds is 0. The Balaban J connectivity index is 0.000000371. The van der Waals surface area contributed by atoms with Crippen LogP contribution in [-0.4, -0.2) is 18.4 Å². The molecule has 10 heavy (non-hydrogen) atoms. The third-order valence-electron chi connectivity index (χ3n) is 1.23. The van der Waals surface area contributed by atoms with Gasteiger partial charge in [-0.25, -0.2) is 4.79 Å². The molecule has 0 aromatic carbocycles. The monoisotopic (exact) mass is 146 g/mol. The first-order valence-electron chi connectivity index (χ1n) is 3.57. The summed E-state index contributed by atoms with van der Waals surface area (Å²) in [7, 11) is 0. The molecule has 60 valence electrons. The van der Waals surface area contributed by atoms with Crippen LogP contribution >= 0.6 is 0 Å². The van der Waals surface area contributed by atoms with Gasteiger partial charge in [-0.3, -0.25) is 0 Å². The van der Waals surface area contributed by atoms with E-state index in [4.69, 9.17) is 0 Å². The van der Waals surface area contributed by atoms with E-state index in [1.807, 2.05) is 13.8 Å². The van der Waals surface area contributed by atoms with Crippen LogP contribution in [0.5, 0.6) is 0 Å². The minimum atomic E-state index is -0.551. The van der Waals surface area contributed by atoms with Crippen molar-refractivity contribution in [1.29, 1.82) is 0 Å². The van der Waals surface area contributed by atoms with Crippen molar-refractivity contribution in [3.05, 3.63) is 0 Å². The lowest BCUT2D eigenvalue weighted by Gasteiger charge is -2.00. The molecule has 1 saturated heterocycles. The Morgan fingerprint density at radius 2 is 1.40 bits per heavy atom. The van der Waals surface area contributed by atoms with Gasteiger partial charge in [-0.05, 0) is 13.8 Å². The molecule has 3 heteroatoms. The minimum Gasteiger partial charge on any atom is -0.427 e. The predicted octanol–water partition coefficient (Wildman–Crippen LogP) is 1.96. The molecule has 0 amide bonds. The number of carbonyl (C=O) groups is 1. The van der Waals surface area contributed by atoms with Crippen LogP contribution in [0, 0.1) is 0 Å². The quantitative estimate of drug-likeness (QED) is 0.490. The normalized spacial score (nSPS) is 29.8. The average Bonchev–Trinajstić information content (AvgIpc) is 2.16. The van der Waals surface area contributed by atoms with Crippen molar-refractivity contribution in [2.24, 2.45) is 0 Å². The SMILES string of the molecule is CC.C[C@@H]1OC(=O)O[C@@H]1C. The fourth-order valence-electron chi connectivity index (χ4n) is 0.523. The van der Waals surface area contributed by atoms with Gasteiger partial charge < -0.3 is 9.47 Å². The summed E-state index contributed by atoms with van der Waals surface area (Å²) in [5.41, 5.74) is 0. The van der Waals surface area contributed by atoms with Crippen LogP contribution in [0.4, 0.5) is 4.79 Å². The van der Waals surface area contributed by atoms with E-state index in [1.165, 1.54) is 0 Å². The van der Waals surface area contributed by atoms with Crippen molar-refractivity contribution in [1.82, 2.24) is 0 Å². The van der Waals surface area contributed by atoms with Crippen LogP contribution < -0.4 is 0 Å². The van der Waals surface area contributed by atoms with Gasteiger partial charge in [0.25, 0.3) is 0 Å². The Hall–Kier alpha value is -0.730. The van der Waals surface area contributed by atoms with Crippen molar-refractivity contribution in [3.63, 3.8) is 0 Å². The first-order valence-corrected chi connectivity index (χ1v) is 3.57. The molecule has 0 radical (unpaired) electrons. The third-order valence-corrected chi connectivity index (χ3v) is 1.23. The first-order chi connectivity index (χ1) is 4.70. The molecule has 1 fully saturated rings. The van der Waals surface area contributed by atoms with E-state index in [9.17, 15) is 4.79 Å². The summed E-state index contributed by atoms with van der Waals surface area (Å²) in [6, 6.07) is 0. The van der Waals surface area contributed by atoms with Crippen molar-refractivity contribution in [3.8, 4) is 0 Å². The van der Waals surface area contributed by atoms with Gasteiger partial charge in [0.15, 0.2) is 0 Å². The second-order valence-electron chi connectivity index (χ2n) is 1.90. The Morgan fingerprint density at radius 3 is 1.50 bits per heavy atom. The maximum atomic E-state index is 10.2. The summed E-state index contributed by atoms with van der Waals surface area (Å²) in [6.07, 6.45) is -0.713. The maximum Gasteiger partial charge on any atom is 0.509 e. The van der Waals surface area contributed by atoms with Crippen LogP contribution in [0.1, 0.15) is 27.7 Å². The standard InChI is InChI=1S/C5H8O3.C2H6/c1-3-4(2)8-5(6)7-3;1-2/h3-4H,1-2H3;1-2H3/t3-,4+;. The zero-order valence-corrected chi connectivity index (χ0v) is 6.88. The van der Waals surface area contributed by atoms with Crippen LogP contribution in [0.2, 0.25) is 0 Å². The molecule has 3 nitrogen and oxygen atoms in total. The second kappa shape index (κ2) is 4.14. The topological polar surface area (TPSA) is 35.5 Å². The average molecular weight is 146 g/mol. The summed E-state index contributed by atoms with van der Waals surface area (Å²) in [4.78, 5) is 10.2. The lowest BCUT2D eigenvalue weighted by Crippen LogP contribution is -2.13. The smallest absolute Gasteiger partial charge is 0.427 e. The molecule has 0 N–H and O–H groups in total. The fraction of sp³-hybridized carbons (Fsp3) is 0.857. The van der Waals surface area contributed by atoms with Crippen molar-refractivity contribution < 1.29 is 14.3 Å². The first kappa shape index (κ1) is 9.27. The lowest BCUT2D eigenvalue weighted by molar-refractivity contribution is 0.118. The molecule has 2 atom stereocenters. The van der Waals surface area contributed by atoms with Gasteiger partial charge in [-0.15, -0.1) is 0 Å². The molecular weight excluding hydrogens is 132 g/mol. The molecule has 0 aliphatic carbocycles. The Kier molecular flexibility index (Phi) is 3.84. The molecular formula is C7H14O3. The summed E-state index contributed by atoms with van der Waals surface area (Å²) >= 11 is 0. The van der Waals surface area contributed by atoms with E-state index < -0.39 is 6.16 Å². The summed E-state index contributed by atoms with van der Waals surface area (Å²) < 4.78 is 9.22. The van der Waals surface area contributed by atoms with Crippen molar-refractivity contribution in [2.75, 3.05) is 0 Å². The lowest BCUT2D eigenvalue weighted by atomic mass is 10.3. The van der Waals surface area contributed by atoms with E-state index >= 15 is 0 Å². The second-order valence-corrected chi connectivity index (χ2v) is 1.90. The molecule has 0 saturated carbocycles. The minimum absolute atomic E-state index is 0.0810. The number of carbonyl (C=O) groups excluding carboxylic acids is 1. The van der Waals surface area contributed by atoms with Gasteiger partial charge in [-0.2, -0.15) is 0 Å². The van der Waals surface area contributed by atoms with Gasteiger partial charge >= 0.3 is 6.16 Å². The highest BCUT2D eigenvalue weighted by atomic mass is 16.8. The summed E-state index contributed by atoms with van der Waals surface area (Å²) in [6.45, 7) is 7.60. The van der Waals surface area contributed by atoms with E-state index in [1.54, 1.807) is 13.8 Å². The van der Waals surface area contributed by atoms with E-state index in [0.29, 0.717) is 0 Å². The van der Waals surface area contributed by atoms with E-state index in [0.717, 1.165) is 0 Å². The van der Waals surface area contributed by atoms with E-state index in [-0.39, 0.29) is 12.2 Å². The summed E-state index contributed by atoms with van der Waals surface area (Å²) in [5, 5.41) is 0. The van der Waals surface area contributed by atoms with Crippen LogP contribution in [0.3, 0.4) is 0 Å². The zero-order chi connectivity index (χ0) is 8.15. The highest BCUT2D eigenvalue weighted by molar-refractivity contribution is 5.62. The molecule has 1 heterocycles. The Bertz CT molecular complexity index is 99.4. The molecule has 0 spiro atoms. The van der Waals surface area contributed by atoms with Crippen LogP contribution in [0.15, 0.2) is 0 Å². The van der Waals surface area contributed by atoms with Gasteiger partial charge in [0.1, 0.15) is 12.2 Å². The van der Waals surface area contributed by atoms with Gasteiger partial charge in [0.2, 0.25) is 0 Å².